The molecule has 100 valence electrons. The van der Waals surface area contributed by atoms with Crippen molar-refractivity contribution in [3.63, 3.8) is 0 Å². The summed E-state index contributed by atoms with van der Waals surface area (Å²) >= 11 is 0. The monoisotopic (exact) mass is 262 g/mol. The number of aromatic amines is 1. The molecule has 1 heterocycles. The molecule has 0 amide bonds. The lowest BCUT2D eigenvalue weighted by Crippen LogP contribution is -2.01. The van der Waals surface area contributed by atoms with Crippen LogP contribution in [0, 0.1) is 0 Å². The number of imidazole rings is 1. The molecule has 3 aromatic rings. The van der Waals surface area contributed by atoms with E-state index in [1.54, 1.807) is 6.33 Å². The molecule has 0 aliphatic carbocycles. The van der Waals surface area contributed by atoms with Crippen LogP contribution in [0.1, 0.15) is 29.5 Å². The lowest BCUT2D eigenvalue weighted by atomic mass is 9.90. The van der Waals surface area contributed by atoms with Gasteiger partial charge in [-0.05, 0) is 35.1 Å². The molecule has 0 fully saturated rings. The number of nitrogens with one attached hydrogen (secondary N) is 1. The maximum Gasteiger partial charge on any atom is 0.0931 e. The number of fused-ring (bicyclic) bond motifs is 1. The molecule has 2 nitrogen and oxygen atoms in total. The lowest BCUT2D eigenvalue weighted by Gasteiger charge is -2.14. The summed E-state index contributed by atoms with van der Waals surface area (Å²) < 4.78 is 0. The minimum atomic E-state index is 0.420. The number of para-hydroxylation sites is 1. The van der Waals surface area contributed by atoms with E-state index in [0.29, 0.717) is 5.92 Å². The summed E-state index contributed by atoms with van der Waals surface area (Å²) in [5.74, 6) is 0.420. The zero-order valence-corrected chi connectivity index (χ0v) is 11.6. The predicted octanol–water partition coefficient (Wildman–Crippen LogP) is 4.55. The van der Waals surface area contributed by atoms with E-state index < -0.39 is 0 Å². The van der Waals surface area contributed by atoms with Gasteiger partial charge in [-0.1, -0.05) is 56.0 Å². The Morgan fingerprint density at radius 1 is 1.20 bits per heavy atom. The van der Waals surface area contributed by atoms with Crippen molar-refractivity contribution >= 4 is 17.1 Å². The Morgan fingerprint density at radius 3 is 2.90 bits per heavy atom. The molecular formula is C18H18N2. The van der Waals surface area contributed by atoms with Crippen molar-refractivity contribution in [3.8, 4) is 0 Å². The molecule has 20 heavy (non-hydrogen) atoms. The molecule has 0 radical (unpaired) electrons. The molecule has 1 atom stereocenters. The molecule has 1 N–H and O–H groups in total. The molecule has 0 aliphatic rings. The van der Waals surface area contributed by atoms with Gasteiger partial charge in [-0.2, -0.15) is 0 Å². The molecular weight excluding hydrogens is 244 g/mol. The smallest absolute Gasteiger partial charge is 0.0931 e. The lowest BCUT2D eigenvalue weighted by molar-refractivity contribution is 0.763. The van der Waals surface area contributed by atoms with E-state index in [0.717, 1.165) is 17.5 Å². The van der Waals surface area contributed by atoms with Gasteiger partial charge in [-0.3, -0.25) is 0 Å². The van der Waals surface area contributed by atoms with Gasteiger partial charge in [-0.15, -0.1) is 0 Å². The highest BCUT2D eigenvalue weighted by molar-refractivity contribution is 5.78. The summed E-state index contributed by atoms with van der Waals surface area (Å²) in [7, 11) is 0. The summed E-state index contributed by atoms with van der Waals surface area (Å²) in [5, 5.41) is 0. The summed E-state index contributed by atoms with van der Waals surface area (Å²) in [6.45, 7) is 6.15. The van der Waals surface area contributed by atoms with Crippen LogP contribution in [-0.2, 0) is 6.42 Å². The Hall–Kier alpha value is -2.35. The Bertz CT molecular complexity index is 740. The highest BCUT2D eigenvalue weighted by Gasteiger charge is 2.12. The van der Waals surface area contributed by atoms with E-state index in [9.17, 15) is 0 Å². The second-order valence-corrected chi connectivity index (χ2v) is 5.15. The van der Waals surface area contributed by atoms with Crippen molar-refractivity contribution in [2.24, 2.45) is 0 Å². The largest absolute Gasteiger partial charge is 0.345 e. The van der Waals surface area contributed by atoms with Gasteiger partial charge in [0.15, 0.2) is 0 Å². The van der Waals surface area contributed by atoms with Crippen molar-refractivity contribution in [2.45, 2.75) is 19.3 Å². The topological polar surface area (TPSA) is 28.7 Å². The van der Waals surface area contributed by atoms with Gasteiger partial charge in [0.25, 0.3) is 0 Å². The van der Waals surface area contributed by atoms with Crippen LogP contribution in [0.3, 0.4) is 0 Å². The first-order valence-electron chi connectivity index (χ1n) is 6.92. The van der Waals surface area contributed by atoms with E-state index >= 15 is 0 Å². The third-order valence-corrected chi connectivity index (χ3v) is 3.81. The third-order valence-electron chi connectivity index (χ3n) is 3.81. The molecule has 3 rings (SSSR count). The molecule has 0 bridgehead atoms. The number of H-pyrrole nitrogens is 1. The fraction of sp³-hybridized carbons (Fsp3) is 0.167. The number of hydrogen-bond donors (Lipinski definition) is 1. The van der Waals surface area contributed by atoms with Crippen LogP contribution >= 0.6 is 0 Å². The molecule has 0 aliphatic heterocycles. The van der Waals surface area contributed by atoms with Crippen LogP contribution in [-0.4, -0.2) is 9.97 Å². The first kappa shape index (κ1) is 12.7. The average molecular weight is 262 g/mol. The van der Waals surface area contributed by atoms with Crippen LogP contribution in [0.2, 0.25) is 0 Å². The van der Waals surface area contributed by atoms with Crippen molar-refractivity contribution in [1.29, 1.82) is 0 Å². The number of nitrogens with zero attached hydrogens (tertiary/aromatic N) is 1. The Kier molecular flexibility index (Phi) is 3.38. The predicted molar refractivity (Wildman–Crippen MR) is 84.7 cm³/mol. The van der Waals surface area contributed by atoms with Gasteiger partial charge in [-0.25, -0.2) is 4.98 Å². The van der Waals surface area contributed by atoms with E-state index in [-0.39, 0.29) is 0 Å². The standard InChI is InChI=1S/C18H18N2/c1-3-14-7-4-5-8-15(14)11-13(2)16-9-6-10-17-18(16)20-12-19-17/h3-10,12-13H,1,11H2,2H3,(H,19,20). The van der Waals surface area contributed by atoms with Gasteiger partial charge in [0.05, 0.1) is 17.4 Å². The number of rotatable bonds is 4. The SMILES string of the molecule is C=Cc1ccccc1CC(C)c1cccc2[nH]cnc12. The van der Waals surface area contributed by atoms with Crippen molar-refractivity contribution in [1.82, 2.24) is 9.97 Å². The van der Waals surface area contributed by atoms with Gasteiger partial charge in [0, 0.05) is 0 Å². The molecule has 0 spiro atoms. The molecule has 2 heteroatoms. The van der Waals surface area contributed by atoms with Crippen LogP contribution in [0.25, 0.3) is 17.1 Å². The van der Waals surface area contributed by atoms with E-state index in [1.165, 1.54) is 16.7 Å². The van der Waals surface area contributed by atoms with Crippen molar-refractivity contribution in [2.75, 3.05) is 0 Å². The highest BCUT2D eigenvalue weighted by Crippen LogP contribution is 2.27. The quantitative estimate of drug-likeness (QED) is 0.734. The van der Waals surface area contributed by atoms with E-state index in [4.69, 9.17) is 0 Å². The number of hydrogen-bond acceptors (Lipinski definition) is 1. The highest BCUT2D eigenvalue weighted by atomic mass is 14.9. The van der Waals surface area contributed by atoms with Gasteiger partial charge < -0.3 is 4.98 Å². The summed E-state index contributed by atoms with van der Waals surface area (Å²) in [6.07, 6.45) is 4.68. The molecule has 0 saturated carbocycles. The second-order valence-electron chi connectivity index (χ2n) is 5.15. The summed E-state index contributed by atoms with van der Waals surface area (Å²) in [4.78, 5) is 7.62. The molecule has 0 saturated heterocycles. The molecule has 1 aromatic heterocycles. The first-order valence-corrected chi connectivity index (χ1v) is 6.92. The third kappa shape index (κ3) is 2.25. The molecule has 2 aromatic carbocycles. The number of benzene rings is 2. The van der Waals surface area contributed by atoms with Gasteiger partial charge in [0.1, 0.15) is 0 Å². The normalized spacial score (nSPS) is 12.4. The van der Waals surface area contributed by atoms with E-state index in [1.807, 2.05) is 6.08 Å². The summed E-state index contributed by atoms with van der Waals surface area (Å²) in [6, 6.07) is 14.8. The van der Waals surface area contributed by atoms with Crippen LogP contribution in [0.4, 0.5) is 0 Å². The first-order chi connectivity index (χ1) is 9.79. The van der Waals surface area contributed by atoms with Crippen LogP contribution in [0.15, 0.2) is 55.4 Å². The fourth-order valence-corrected chi connectivity index (χ4v) is 2.75. The van der Waals surface area contributed by atoms with Gasteiger partial charge in [0.2, 0.25) is 0 Å². The zero-order valence-electron chi connectivity index (χ0n) is 11.6. The van der Waals surface area contributed by atoms with Crippen LogP contribution < -0.4 is 0 Å². The number of aromatic nitrogens is 2. The minimum Gasteiger partial charge on any atom is -0.345 e. The van der Waals surface area contributed by atoms with Gasteiger partial charge >= 0.3 is 0 Å². The maximum atomic E-state index is 4.45. The second kappa shape index (κ2) is 5.33. The fourth-order valence-electron chi connectivity index (χ4n) is 2.75. The Morgan fingerprint density at radius 2 is 2.05 bits per heavy atom. The van der Waals surface area contributed by atoms with E-state index in [2.05, 4.69) is 65.9 Å². The van der Waals surface area contributed by atoms with Crippen molar-refractivity contribution in [3.05, 3.63) is 72.1 Å². The zero-order chi connectivity index (χ0) is 13.9. The summed E-state index contributed by atoms with van der Waals surface area (Å²) in [5.41, 5.74) is 6.03. The Labute approximate surface area is 119 Å². The minimum absolute atomic E-state index is 0.420. The molecule has 1 unspecified atom stereocenters. The Balaban J connectivity index is 1.95. The van der Waals surface area contributed by atoms with Crippen molar-refractivity contribution < 1.29 is 0 Å². The average Bonchev–Trinajstić information content (AvgIpc) is 2.96. The van der Waals surface area contributed by atoms with Crippen LogP contribution in [0.5, 0.6) is 0 Å². The maximum absolute atomic E-state index is 4.45.